The number of halogens is 2. The summed E-state index contributed by atoms with van der Waals surface area (Å²) in [7, 11) is 3.13. The van der Waals surface area contributed by atoms with Gasteiger partial charge in [0.15, 0.2) is 18.1 Å². The van der Waals surface area contributed by atoms with E-state index in [1.165, 1.54) is 17.0 Å². The van der Waals surface area contributed by atoms with Crippen molar-refractivity contribution in [2.45, 2.75) is 25.9 Å². The molecule has 0 aliphatic heterocycles. The molecule has 2 amide bonds. The van der Waals surface area contributed by atoms with Crippen LogP contribution >= 0.6 is 11.6 Å². The normalized spacial score (nSPS) is 11.4. The number of nitrogens with zero attached hydrogens (tertiary/aromatic N) is 1. The van der Waals surface area contributed by atoms with Crippen LogP contribution in [0.15, 0.2) is 66.7 Å². The first kappa shape index (κ1) is 27.8. The number of hydrogen-bond donors (Lipinski definition) is 1. The number of methoxy groups -OCH3 is 2. The molecule has 9 heteroatoms. The molecule has 1 N–H and O–H groups in total. The number of amides is 2. The largest absolute Gasteiger partial charge is 0.493 e. The van der Waals surface area contributed by atoms with Gasteiger partial charge in [0.1, 0.15) is 17.6 Å². The van der Waals surface area contributed by atoms with Crippen molar-refractivity contribution in [1.29, 1.82) is 0 Å². The molecular weight excluding hydrogens is 499 g/mol. The fourth-order valence-corrected chi connectivity index (χ4v) is 3.86. The van der Waals surface area contributed by atoms with Gasteiger partial charge in [0.05, 0.1) is 19.2 Å². The minimum atomic E-state index is -0.808. The molecule has 0 fully saturated rings. The van der Waals surface area contributed by atoms with Gasteiger partial charge in [-0.2, -0.15) is 0 Å². The Labute approximate surface area is 221 Å². The maximum atomic E-state index is 13.4. The molecule has 0 saturated carbocycles. The van der Waals surface area contributed by atoms with Crippen molar-refractivity contribution in [3.05, 3.63) is 88.7 Å². The van der Waals surface area contributed by atoms with Gasteiger partial charge in [-0.15, -0.1) is 0 Å². The van der Waals surface area contributed by atoms with E-state index in [2.05, 4.69) is 5.32 Å². The molecule has 0 aliphatic carbocycles. The SMILES string of the molecule is COc1ccc(CCNC(=O)[C@H](C)N(Cc2ccc(F)cc2)C(=O)COc2ccccc2Cl)cc1OC. The summed E-state index contributed by atoms with van der Waals surface area (Å²) in [6, 6.07) is 17.3. The summed E-state index contributed by atoms with van der Waals surface area (Å²) in [5.74, 6) is 0.475. The second-order valence-corrected chi connectivity index (χ2v) is 8.68. The summed E-state index contributed by atoms with van der Waals surface area (Å²) in [5, 5.41) is 3.26. The van der Waals surface area contributed by atoms with E-state index in [4.69, 9.17) is 25.8 Å². The number of carbonyl (C=O) groups is 2. The van der Waals surface area contributed by atoms with Crippen LogP contribution in [0.4, 0.5) is 4.39 Å². The number of carbonyl (C=O) groups excluding carboxylic acids is 2. The highest BCUT2D eigenvalue weighted by molar-refractivity contribution is 6.32. The molecule has 196 valence electrons. The van der Waals surface area contributed by atoms with Crippen LogP contribution in [0, 0.1) is 5.82 Å². The second-order valence-electron chi connectivity index (χ2n) is 8.27. The van der Waals surface area contributed by atoms with Crippen molar-refractivity contribution in [3.63, 3.8) is 0 Å². The molecule has 0 radical (unpaired) electrons. The lowest BCUT2D eigenvalue weighted by Gasteiger charge is -2.29. The number of ether oxygens (including phenoxy) is 3. The van der Waals surface area contributed by atoms with E-state index in [-0.39, 0.29) is 24.9 Å². The van der Waals surface area contributed by atoms with E-state index in [0.717, 1.165) is 5.56 Å². The number of benzene rings is 3. The van der Waals surface area contributed by atoms with Gasteiger partial charge >= 0.3 is 0 Å². The van der Waals surface area contributed by atoms with Gasteiger partial charge in [-0.3, -0.25) is 9.59 Å². The van der Waals surface area contributed by atoms with Crippen LogP contribution in [0.2, 0.25) is 5.02 Å². The highest BCUT2D eigenvalue weighted by atomic mass is 35.5. The predicted octanol–water partition coefficient (Wildman–Crippen LogP) is 4.65. The standard InChI is InChI=1S/C28H30ClFN2O5/c1-19(28(34)31-15-14-20-10-13-25(35-2)26(16-20)36-3)32(17-21-8-11-22(30)12-9-21)27(33)18-37-24-7-5-4-6-23(24)29/h4-13,16,19H,14-15,17-18H2,1-3H3,(H,31,34)/t19-/m0/s1. The Hall–Kier alpha value is -3.78. The summed E-state index contributed by atoms with van der Waals surface area (Å²) in [6.45, 7) is 1.79. The summed E-state index contributed by atoms with van der Waals surface area (Å²) < 4.78 is 29.6. The topological polar surface area (TPSA) is 77.1 Å². The van der Waals surface area contributed by atoms with Crippen molar-refractivity contribution in [1.82, 2.24) is 10.2 Å². The lowest BCUT2D eigenvalue weighted by Crippen LogP contribution is -2.49. The highest BCUT2D eigenvalue weighted by Gasteiger charge is 2.26. The van der Waals surface area contributed by atoms with Crippen molar-refractivity contribution in [2.24, 2.45) is 0 Å². The molecular formula is C28H30ClFN2O5. The van der Waals surface area contributed by atoms with E-state index < -0.39 is 11.9 Å². The molecule has 3 aromatic carbocycles. The van der Waals surface area contributed by atoms with E-state index >= 15 is 0 Å². The minimum Gasteiger partial charge on any atom is -0.493 e. The van der Waals surface area contributed by atoms with Gasteiger partial charge in [-0.25, -0.2) is 4.39 Å². The zero-order valence-electron chi connectivity index (χ0n) is 21.0. The number of rotatable bonds is 12. The van der Waals surface area contributed by atoms with Gasteiger partial charge in [0, 0.05) is 13.1 Å². The molecule has 0 saturated heterocycles. The highest BCUT2D eigenvalue weighted by Crippen LogP contribution is 2.27. The van der Waals surface area contributed by atoms with Crippen LogP contribution in [0.25, 0.3) is 0 Å². The van der Waals surface area contributed by atoms with Gasteiger partial charge in [0.25, 0.3) is 5.91 Å². The number of para-hydroxylation sites is 1. The van der Waals surface area contributed by atoms with Crippen LogP contribution in [0.5, 0.6) is 17.2 Å². The third kappa shape index (κ3) is 7.85. The molecule has 0 unspecified atom stereocenters. The Bertz CT molecular complexity index is 1210. The van der Waals surface area contributed by atoms with E-state index in [1.54, 1.807) is 63.6 Å². The first-order valence-corrected chi connectivity index (χ1v) is 12.1. The van der Waals surface area contributed by atoms with Crippen LogP contribution in [0.1, 0.15) is 18.1 Å². The molecule has 0 aromatic heterocycles. The smallest absolute Gasteiger partial charge is 0.261 e. The number of hydrogen-bond acceptors (Lipinski definition) is 5. The maximum Gasteiger partial charge on any atom is 0.261 e. The van der Waals surface area contributed by atoms with Crippen LogP contribution < -0.4 is 19.5 Å². The fraction of sp³-hybridized carbons (Fsp3) is 0.286. The van der Waals surface area contributed by atoms with Gasteiger partial charge < -0.3 is 24.4 Å². The van der Waals surface area contributed by atoms with E-state index in [9.17, 15) is 14.0 Å². The molecule has 37 heavy (non-hydrogen) atoms. The van der Waals surface area contributed by atoms with Crippen molar-refractivity contribution in [3.8, 4) is 17.2 Å². The van der Waals surface area contributed by atoms with E-state index in [0.29, 0.717) is 40.8 Å². The molecule has 0 bridgehead atoms. The molecule has 0 aliphatic rings. The molecule has 7 nitrogen and oxygen atoms in total. The summed E-state index contributed by atoms with van der Waals surface area (Å²) in [5.41, 5.74) is 1.63. The zero-order valence-corrected chi connectivity index (χ0v) is 21.8. The zero-order chi connectivity index (χ0) is 26.8. The Morgan fingerprint density at radius 2 is 1.62 bits per heavy atom. The maximum absolute atomic E-state index is 13.4. The third-order valence-corrected chi connectivity index (χ3v) is 6.09. The lowest BCUT2D eigenvalue weighted by molar-refractivity contribution is -0.142. The molecule has 1 atom stereocenters. The molecule has 0 heterocycles. The Kier molecular flexibility index (Phi) is 10.1. The number of nitrogens with one attached hydrogen (secondary N) is 1. The molecule has 3 rings (SSSR count). The first-order chi connectivity index (χ1) is 17.8. The van der Waals surface area contributed by atoms with Gasteiger partial charge in [0.2, 0.25) is 5.91 Å². The summed E-state index contributed by atoms with van der Waals surface area (Å²) >= 11 is 6.12. The Morgan fingerprint density at radius 1 is 0.946 bits per heavy atom. The van der Waals surface area contributed by atoms with Crippen LogP contribution in [-0.4, -0.2) is 50.1 Å². The Balaban J connectivity index is 1.66. The third-order valence-electron chi connectivity index (χ3n) is 5.78. The quantitative estimate of drug-likeness (QED) is 0.370. The van der Waals surface area contributed by atoms with Crippen molar-refractivity contribution >= 4 is 23.4 Å². The monoisotopic (exact) mass is 528 g/mol. The fourth-order valence-electron chi connectivity index (χ4n) is 3.67. The molecule has 3 aromatic rings. The van der Waals surface area contributed by atoms with Crippen molar-refractivity contribution in [2.75, 3.05) is 27.4 Å². The lowest BCUT2D eigenvalue weighted by atomic mass is 10.1. The predicted molar refractivity (Wildman–Crippen MR) is 140 cm³/mol. The van der Waals surface area contributed by atoms with Crippen LogP contribution in [-0.2, 0) is 22.6 Å². The summed E-state index contributed by atoms with van der Waals surface area (Å²) in [4.78, 5) is 27.6. The van der Waals surface area contributed by atoms with Crippen LogP contribution in [0.3, 0.4) is 0 Å². The average molecular weight is 529 g/mol. The average Bonchev–Trinajstić information content (AvgIpc) is 2.91. The van der Waals surface area contributed by atoms with Crippen molar-refractivity contribution < 1.29 is 28.2 Å². The van der Waals surface area contributed by atoms with Gasteiger partial charge in [-0.1, -0.05) is 41.9 Å². The summed E-state index contributed by atoms with van der Waals surface area (Å²) in [6.07, 6.45) is 0.556. The second kappa shape index (κ2) is 13.5. The minimum absolute atomic E-state index is 0.106. The Morgan fingerprint density at radius 3 is 2.30 bits per heavy atom. The van der Waals surface area contributed by atoms with Gasteiger partial charge in [-0.05, 0) is 60.9 Å². The van der Waals surface area contributed by atoms with E-state index in [1.807, 2.05) is 12.1 Å². The molecule has 0 spiro atoms. The first-order valence-electron chi connectivity index (χ1n) is 11.7.